The molecular formula is C19H25N3. The monoisotopic (exact) mass is 295 g/mol. The molecule has 0 amide bonds. The van der Waals surface area contributed by atoms with Crippen molar-refractivity contribution in [1.29, 1.82) is 0 Å². The molecule has 1 aromatic carbocycles. The summed E-state index contributed by atoms with van der Waals surface area (Å²) in [4.78, 5) is 6.94. The van der Waals surface area contributed by atoms with Crippen LogP contribution in [0.4, 0.5) is 5.69 Å². The number of rotatable bonds is 4. The van der Waals surface area contributed by atoms with Crippen molar-refractivity contribution in [2.75, 3.05) is 18.0 Å². The minimum absolute atomic E-state index is 0.600. The van der Waals surface area contributed by atoms with Crippen LogP contribution in [-0.2, 0) is 6.54 Å². The van der Waals surface area contributed by atoms with Gasteiger partial charge in [0.2, 0.25) is 0 Å². The molecule has 0 spiro atoms. The molecule has 2 heterocycles. The van der Waals surface area contributed by atoms with Crippen molar-refractivity contribution in [3.05, 3.63) is 59.4 Å². The van der Waals surface area contributed by atoms with Crippen LogP contribution in [-0.4, -0.2) is 24.1 Å². The van der Waals surface area contributed by atoms with Gasteiger partial charge in [0, 0.05) is 37.6 Å². The summed E-state index contributed by atoms with van der Waals surface area (Å²) >= 11 is 0. The predicted molar refractivity (Wildman–Crippen MR) is 92.2 cm³/mol. The number of nitrogens with zero attached hydrogens (tertiary/aromatic N) is 2. The van der Waals surface area contributed by atoms with Gasteiger partial charge in [-0.1, -0.05) is 18.2 Å². The predicted octanol–water partition coefficient (Wildman–Crippen LogP) is 3.46. The first-order chi connectivity index (χ1) is 10.7. The van der Waals surface area contributed by atoms with Crippen molar-refractivity contribution in [3.8, 4) is 0 Å². The Morgan fingerprint density at radius 3 is 2.64 bits per heavy atom. The van der Waals surface area contributed by atoms with E-state index in [1.54, 1.807) is 0 Å². The van der Waals surface area contributed by atoms with E-state index in [9.17, 15) is 0 Å². The van der Waals surface area contributed by atoms with Gasteiger partial charge in [-0.25, -0.2) is 0 Å². The first kappa shape index (κ1) is 15.0. The van der Waals surface area contributed by atoms with Crippen molar-refractivity contribution in [3.63, 3.8) is 0 Å². The number of nitrogens with one attached hydrogen (secondary N) is 1. The maximum absolute atomic E-state index is 4.43. The van der Waals surface area contributed by atoms with Crippen LogP contribution in [0.15, 0.2) is 42.6 Å². The smallest absolute Gasteiger partial charge is 0.0544 e. The molecule has 0 aliphatic carbocycles. The number of benzene rings is 1. The molecule has 0 bridgehead atoms. The molecule has 1 aliphatic rings. The molecule has 22 heavy (non-hydrogen) atoms. The minimum Gasteiger partial charge on any atom is -0.371 e. The second-order valence-electron chi connectivity index (χ2n) is 6.25. The number of pyridine rings is 1. The highest BCUT2D eigenvalue weighted by Gasteiger charge is 2.19. The molecule has 0 unspecified atom stereocenters. The van der Waals surface area contributed by atoms with Gasteiger partial charge in [0.15, 0.2) is 0 Å². The maximum atomic E-state index is 4.43. The summed E-state index contributed by atoms with van der Waals surface area (Å²) in [6.07, 6.45) is 4.29. The first-order valence-corrected chi connectivity index (χ1v) is 8.18. The Bertz CT molecular complexity index is 616. The van der Waals surface area contributed by atoms with E-state index >= 15 is 0 Å². The van der Waals surface area contributed by atoms with E-state index in [0.29, 0.717) is 6.04 Å². The summed E-state index contributed by atoms with van der Waals surface area (Å²) in [5, 5.41) is 3.66. The van der Waals surface area contributed by atoms with Gasteiger partial charge in [-0.15, -0.1) is 0 Å². The summed E-state index contributed by atoms with van der Waals surface area (Å²) in [6, 6.07) is 13.5. The van der Waals surface area contributed by atoms with Gasteiger partial charge < -0.3 is 10.2 Å². The van der Waals surface area contributed by atoms with Crippen LogP contribution >= 0.6 is 0 Å². The highest BCUT2D eigenvalue weighted by atomic mass is 15.1. The average Bonchev–Trinajstić information content (AvgIpc) is 2.54. The van der Waals surface area contributed by atoms with Gasteiger partial charge in [0.1, 0.15) is 0 Å². The molecule has 1 fully saturated rings. The van der Waals surface area contributed by atoms with Gasteiger partial charge >= 0.3 is 0 Å². The van der Waals surface area contributed by atoms with Crippen LogP contribution in [0, 0.1) is 13.8 Å². The van der Waals surface area contributed by atoms with Crippen molar-refractivity contribution in [1.82, 2.24) is 10.3 Å². The molecule has 0 radical (unpaired) electrons. The molecule has 2 aromatic rings. The number of piperidine rings is 1. The lowest BCUT2D eigenvalue weighted by molar-refractivity contribution is 0.412. The van der Waals surface area contributed by atoms with Crippen LogP contribution in [0.1, 0.15) is 29.7 Å². The molecule has 3 rings (SSSR count). The van der Waals surface area contributed by atoms with Crippen molar-refractivity contribution < 1.29 is 0 Å². The number of hydrogen-bond donors (Lipinski definition) is 1. The fourth-order valence-corrected chi connectivity index (χ4v) is 3.19. The number of aryl methyl sites for hydroxylation is 2. The molecule has 1 aromatic heterocycles. The zero-order valence-electron chi connectivity index (χ0n) is 13.5. The molecule has 0 atom stereocenters. The van der Waals surface area contributed by atoms with Gasteiger partial charge in [-0.3, -0.25) is 4.98 Å². The fraction of sp³-hybridized carbons (Fsp3) is 0.421. The van der Waals surface area contributed by atoms with Crippen LogP contribution in [0.3, 0.4) is 0 Å². The highest BCUT2D eigenvalue weighted by molar-refractivity contribution is 5.53. The summed E-state index contributed by atoms with van der Waals surface area (Å²) in [6.45, 7) is 7.44. The minimum atomic E-state index is 0.600. The maximum Gasteiger partial charge on any atom is 0.0544 e. The van der Waals surface area contributed by atoms with E-state index < -0.39 is 0 Å². The summed E-state index contributed by atoms with van der Waals surface area (Å²) in [5.74, 6) is 0. The number of aromatic nitrogens is 1. The zero-order valence-corrected chi connectivity index (χ0v) is 13.5. The average molecular weight is 295 g/mol. The molecule has 1 saturated heterocycles. The molecule has 1 N–H and O–H groups in total. The van der Waals surface area contributed by atoms with Gasteiger partial charge in [0.05, 0.1) is 5.69 Å². The second kappa shape index (κ2) is 6.93. The third-order valence-corrected chi connectivity index (χ3v) is 4.50. The van der Waals surface area contributed by atoms with E-state index in [2.05, 4.69) is 59.4 Å². The second-order valence-corrected chi connectivity index (χ2v) is 6.25. The van der Waals surface area contributed by atoms with Gasteiger partial charge in [-0.2, -0.15) is 0 Å². The summed E-state index contributed by atoms with van der Waals surface area (Å²) < 4.78 is 0. The lowest BCUT2D eigenvalue weighted by Gasteiger charge is -2.35. The Balaban J connectivity index is 1.51. The van der Waals surface area contributed by atoms with E-state index in [4.69, 9.17) is 0 Å². The van der Waals surface area contributed by atoms with Crippen LogP contribution in [0.5, 0.6) is 0 Å². The quantitative estimate of drug-likeness (QED) is 0.936. The van der Waals surface area contributed by atoms with E-state index in [1.807, 2.05) is 12.3 Å². The molecule has 0 saturated carbocycles. The lowest BCUT2D eigenvalue weighted by atomic mass is 10.0. The molecule has 3 heteroatoms. The molecule has 116 valence electrons. The number of anilines is 1. The van der Waals surface area contributed by atoms with E-state index in [0.717, 1.165) is 25.3 Å². The first-order valence-electron chi connectivity index (χ1n) is 8.18. The summed E-state index contributed by atoms with van der Waals surface area (Å²) in [7, 11) is 0. The molecular weight excluding hydrogens is 270 g/mol. The third-order valence-electron chi connectivity index (χ3n) is 4.50. The Hall–Kier alpha value is -1.87. The Kier molecular flexibility index (Phi) is 4.74. The topological polar surface area (TPSA) is 28.2 Å². The molecule has 1 aliphatic heterocycles. The zero-order chi connectivity index (χ0) is 15.4. The number of para-hydroxylation sites is 1. The van der Waals surface area contributed by atoms with Crippen LogP contribution in [0.2, 0.25) is 0 Å². The van der Waals surface area contributed by atoms with E-state index in [1.165, 1.54) is 29.7 Å². The van der Waals surface area contributed by atoms with Gasteiger partial charge in [-0.05, 0) is 56.0 Å². The van der Waals surface area contributed by atoms with E-state index in [-0.39, 0.29) is 0 Å². The fourth-order valence-electron chi connectivity index (χ4n) is 3.19. The lowest BCUT2D eigenvalue weighted by Crippen LogP contribution is -2.42. The van der Waals surface area contributed by atoms with Crippen molar-refractivity contribution in [2.24, 2.45) is 0 Å². The van der Waals surface area contributed by atoms with Crippen molar-refractivity contribution >= 4 is 5.69 Å². The number of hydrogen-bond acceptors (Lipinski definition) is 3. The standard InChI is InChI=1S/C19H25N3/c1-15-7-10-20-18(13-15)14-21-17-8-11-22(12-9-17)19-6-4-3-5-16(19)2/h3-7,10,13,17,21H,8-9,11-12,14H2,1-2H3. The van der Waals surface area contributed by atoms with Crippen LogP contribution < -0.4 is 10.2 Å². The Morgan fingerprint density at radius 2 is 1.91 bits per heavy atom. The van der Waals surface area contributed by atoms with Gasteiger partial charge in [0.25, 0.3) is 0 Å². The van der Waals surface area contributed by atoms with Crippen molar-refractivity contribution in [2.45, 2.75) is 39.3 Å². The molecule has 3 nitrogen and oxygen atoms in total. The highest BCUT2D eigenvalue weighted by Crippen LogP contribution is 2.23. The van der Waals surface area contributed by atoms with Crippen LogP contribution in [0.25, 0.3) is 0 Å². The largest absolute Gasteiger partial charge is 0.371 e. The third kappa shape index (κ3) is 3.66. The Labute approximate surface area is 133 Å². The summed E-state index contributed by atoms with van der Waals surface area (Å²) in [5.41, 5.74) is 5.18. The normalized spacial score (nSPS) is 16.0. The Morgan fingerprint density at radius 1 is 1.14 bits per heavy atom. The SMILES string of the molecule is Cc1ccnc(CNC2CCN(c3ccccc3C)CC2)c1.